The number of aromatic nitrogens is 3. The van der Waals surface area contributed by atoms with Crippen LogP contribution in [0.4, 0.5) is 13.2 Å². The van der Waals surface area contributed by atoms with Gasteiger partial charge in [-0.3, -0.25) is 0 Å². The second-order valence-electron chi connectivity index (χ2n) is 9.19. The van der Waals surface area contributed by atoms with Gasteiger partial charge in [0.05, 0.1) is 5.56 Å². The molecule has 7 heteroatoms. The minimum atomic E-state index is -4.27. The van der Waals surface area contributed by atoms with Gasteiger partial charge < -0.3 is 9.47 Å². The summed E-state index contributed by atoms with van der Waals surface area (Å²) >= 11 is 0. The van der Waals surface area contributed by atoms with E-state index in [1.54, 1.807) is 12.1 Å². The highest BCUT2D eigenvalue weighted by Crippen LogP contribution is 2.59. The van der Waals surface area contributed by atoms with Crippen molar-refractivity contribution >= 4 is 0 Å². The Morgan fingerprint density at radius 1 is 1.00 bits per heavy atom. The molecule has 32 heavy (non-hydrogen) atoms. The van der Waals surface area contributed by atoms with Crippen LogP contribution in [0.5, 0.6) is 0 Å². The van der Waals surface area contributed by atoms with Gasteiger partial charge >= 0.3 is 6.18 Å². The van der Waals surface area contributed by atoms with E-state index < -0.39 is 11.7 Å². The summed E-state index contributed by atoms with van der Waals surface area (Å²) in [5.41, 5.74) is 1.63. The average molecular weight is 441 g/mol. The average Bonchev–Trinajstić information content (AvgIpc) is 3.16. The molecule has 1 saturated carbocycles. The minimum Gasteiger partial charge on any atom is -0.314 e. The fourth-order valence-corrected chi connectivity index (χ4v) is 5.23. The quantitative estimate of drug-likeness (QED) is 0.480. The Hall–Kier alpha value is -2.67. The van der Waals surface area contributed by atoms with E-state index in [4.69, 9.17) is 0 Å². The molecule has 168 valence electrons. The molecule has 2 aromatic carbocycles. The monoisotopic (exact) mass is 440 g/mol. The lowest BCUT2D eigenvalue weighted by Gasteiger charge is -2.21. The number of likely N-dealkylation sites (tertiary alicyclic amines) is 1. The summed E-state index contributed by atoms with van der Waals surface area (Å²) in [4.78, 5) is 2.47. The first kappa shape index (κ1) is 21.2. The van der Waals surface area contributed by atoms with E-state index in [1.165, 1.54) is 12.1 Å². The maximum absolute atomic E-state index is 12.9. The zero-order valence-corrected chi connectivity index (χ0v) is 18.1. The molecule has 0 unspecified atom stereocenters. The molecule has 0 radical (unpaired) electrons. The highest BCUT2D eigenvalue weighted by atomic mass is 19.4. The van der Waals surface area contributed by atoms with Gasteiger partial charge in [-0.15, -0.1) is 10.2 Å². The number of alkyl halides is 3. The van der Waals surface area contributed by atoms with E-state index in [9.17, 15) is 13.2 Å². The van der Waals surface area contributed by atoms with Crippen LogP contribution >= 0.6 is 0 Å². The van der Waals surface area contributed by atoms with Gasteiger partial charge in [-0.25, -0.2) is 0 Å². The summed E-state index contributed by atoms with van der Waals surface area (Å²) in [7, 11) is 2.01. The summed E-state index contributed by atoms with van der Waals surface area (Å²) in [6.45, 7) is 3.01. The predicted molar refractivity (Wildman–Crippen MR) is 117 cm³/mol. The first-order valence-electron chi connectivity index (χ1n) is 11.2. The zero-order chi connectivity index (χ0) is 22.3. The Morgan fingerprint density at radius 2 is 1.75 bits per heavy atom. The molecule has 2 heterocycles. The number of rotatable bonds is 7. The van der Waals surface area contributed by atoms with E-state index in [1.807, 2.05) is 37.4 Å². The molecular weight excluding hydrogens is 413 g/mol. The number of fused-ring (bicyclic) bond motifs is 1. The van der Waals surface area contributed by atoms with Crippen LogP contribution in [0.1, 0.15) is 36.2 Å². The highest BCUT2D eigenvalue weighted by Gasteiger charge is 2.60. The largest absolute Gasteiger partial charge is 0.416 e. The molecule has 0 bridgehead atoms. The van der Waals surface area contributed by atoms with Gasteiger partial charge in [0.25, 0.3) is 0 Å². The second kappa shape index (κ2) is 8.03. The van der Waals surface area contributed by atoms with E-state index in [-0.39, 0.29) is 5.41 Å². The number of nitrogens with zero attached hydrogens (tertiary/aromatic N) is 4. The van der Waals surface area contributed by atoms with Crippen LogP contribution in [0.3, 0.4) is 0 Å². The molecule has 0 N–H and O–H groups in total. The summed E-state index contributed by atoms with van der Waals surface area (Å²) in [5, 5.41) is 8.73. The summed E-state index contributed by atoms with van der Waals surface area (Å²) in [6, 6.07) is 15.9. The number of benzene rings is 2. The van der Waals surface area contributed by atoms with Gasteiger partial charge in [0.2, 0.25) is 0 Å². The molecule has 5 rings (SSSR count). The van der Waals surface area contributed by atoms with Crippen molar-refractivity contribution in [2.24, 2.45) is 13.0 Å². The van der Waals surface area contributed by atoms with Crippen molar-refractivity contribution in [3.63, 3.8) is 0 Å². The van der Waals surface area contributed by atoms with Crippen LogP contribution < -0.4 is 0 Å². The van der Waals surface area contributed by atoms with Crippen molar-refractivity contribution in [3.8, 4) is 11.4 Å². The fraction of sp³-hybridized carbons (Fsp3) is 0.440. The standard InChI is InChI=1S/C25H27F3N4/c1-31-22(29-30-23(31)18-7-3-2-4-8-18)9-5-6-14-32-16-21-15-24(21,17-32)19-10-12-20(13-11-19)25(26,27)28/h2-4,7-8,10-13,21H,5-6,9,14-17H2,1H3/t21-,24+/m0/s1. The first-order valence-corrected chi connectivity index (χ1v) is 11.2. The van der Waals surface area contributed by atoms with Crippen molar-refractivity contribution in [2.45, 2.75) is 37.3 Å². The van der Waals surface area contributed by atoms with Gasteiger partial charge in [0, 0.05) is 37.5 Å². The maximum atomic E-state index is 12.9. The zero-order valence-electron chi connectivity index (χ0n) is 18.1. The Balaban J connectivity index is 1.12. The van der Waals surface area contributed by atoms with E-state index in [0.717, 1.165) is 68.1 Å². The Morgan fingerprint density at radius 3 is 2.47 bits per heavy atom. The van der Waals surface area contributed by atoms with Crippen molar-refractivity contribution < 1.29 is 13.2 Å². The lowest BCUT2D eigenvalue weighted by Crippen LogP contribution is -2.27. The number of halogens is 3. The topological polar surface area (TPSA) is 34.0 Å². The van der Waals surface area contributed by atoms with Crippen LogP contribution in [0.2, 0.25) is 0 Å². The Kier molecular flexibility index (Phi) is 5.32. The molecule has 0 spiro atoms. The molecule has 1 aromatic heterocycles. The van der Waals surface area contributed by atoms with Gasteiger partial charge in [-0.2, -0.15) is 13.2 Å². The van der Waals surface area contributed by atoms with Crippen LogP contribution in [-0.4, -0.2) is 39.3 Å². The molecular formula is C25H27F3N4. The van der Waals surface area contributed by atoms with Crippen molar-refractivity contribution in [1.82, 2.24) is 19.7 Å². The number of hydrogen-bond acceptors (Lipinski definition) is 3. The minimum absolute atomic E-state index is 0.0678. The van der Waals surface area contributed by atoms with Gasteiger partial charge in [-0.1, -0.05) is 42.5 Å². The Labute approximate surface area is 186 Å². The van der Waals surface area contributed by atoms with Crippen molar-refractivity contribution in [3.05, 3.63) is 71.5 Å². The van der Waals surface area contributed by atoms with Crippen LogP contribution in [0.25, 0.3) is 11.4 Å². The number of aryl methyl sites for hydroxylation is 1. The highest BCUT2D eigenvalue weighted by molar-refractivity contribution is 5.54. The third-order valence-corrected chi connectivity index (χ3v) is 7.13. The van der Waals surface area contributed by atoms with Crippen LogP contribution in [-0.2, 0) is 25.1 Å². The third-order valence-electron chi connectivity index (χ3n) is 7.13. The first-order chi connectivity index (χ1) is 15.4. The van der Waals surface area contributed by atoms with Crippen molar-refractivity contribution in [1.29, 1.82) is 0 Å². The second-order valence-corrected chi connectivity index (χ2v) is 9.19. The molecule has 1 aliphatic carbocycles. The smallest absolute Gasteiger partial charge is 0.314 e. The predicted octanol–water partition coefficient (Wildman–Crippen LogP) is 5.10. The third kappa shape index (κ3) is 3.94. The van der Waals surface area contributed by atoms with Gasteiger partial charge in [0.15, 0.2) is 5.82 Å². The van der Waals surface area contributed by atoms with Crippen molar-refractivity contribution in [2.75, 3.05) is 19.6 Å². The summed E-state index contributed by atoms with van der Waals surface area (Å²) in [5.74, 6) is 2.46. The van der Waals surface area contributed by atoms with Gasteiger partial charge in [0.1, 0.15) is 5.82 Å². The molecule has 2 atom stereocenters. The lowest BCUT2D eigenvalue weighted by molar-refractivity contribution is -0.137. The van der Waals surface area contributed by atoms with Crippen LogP contribution in [0.15, 0.2) is 54.6 Å². The molecule has 0 amide bonds. The molecule has 1 saturated heterocycles. The molecule has 3 aromatic rings. The molecule has 2 aliphatic rings. The number of unbranched alkanes of at least 4 members (excludes halogenated alkanes) is 1. The number of hydrogen-bond donors (Lipinski definition) is 0. The van der Waals surface area contributed by atoms with Gasteiger partial charge in [-0.05, 0) is 49.4 Å². The van der Waals surface area contributed by atoms with Crippen LogP contribution in [0, 0.1) is 5.92 Å². The summed E-state index contributed by atoms with van der Waals surface area (Å²) in [6.07, 6.45) is -0.183. The Bertz CT molecular complexity index is 1070. The van der Waals surface area contributed by atoms with E-state index >= 15 is 0 Å². The molecule has 1 aliphatic heterocycles. The SMILES string of the molecule is Cn1c(CCCCN2C[C@@H]3C[C@]3(c3ccc(C(F)(F)F)cc3)C2)nnc1-c1ccccc1. The maximum Gasteiger partial charge on any atom is 0.416 e. The fourth-order valence-electron chi connectivity index (χ4n) is 5.23. The number of piperidine rings is 1. The lowest BCUT2D eigenvalue weighted by atomic mass is 9.94. The molecule has 2 fully saturated rings. The normalized spacial score (nSPS) is 22.8. The van der Waals surface area contributed by atoms with E-state index in [0.29, 0.717) is 5.92 Å². The van der Waals surface area contributed by atoms with E-state index in [2.05, 4.69) is 19.7 Å². The summed E-state index contributed by atoms with van der Waals surface area (Å²) < 4.78 is 40.6. The molecule has 4 nitrogen and oxygen atoms in total.